The number of aromatic nitrogens is 4. The summed E-state index contributed by atoms with van der Waals surface area (Å²) in [4.78, 5) is 0. The number of halogens is 3. The van der Waals surface area contributed by atoms with Crippen LogP contribution in [0.4, 0.5) is 11.6 Å². The first-order valence-corrected chi connectivity index (χ1v) is 10.8. The molecule has 0 spiro atoms. The highest BCUT2D eigenvalue weighted by Crippen LogP contribution is 2.22. The van der Waals surface area contributed by atoms with Gasteiger partial charge in [-0.05, 0) is 41.5 Å². The summed E-state index contributed by atoms with van der Waals surface area (Å²) in [5.74, 6) is 1.06. The lowest BCUT2D eigenvalue weighted by molar-refractivity contribution is 0.689. The molecule has 0 aliphatic carbocycles. The van der Waals surface area contributed by atoms with Crippen LogP contribution >= 0.6 is 47.0 Å². The number of hydrogen-bond donors (Lipinski definition) is 2. The number of nitrogens with zero attached hydrogens (tertiary/aromatic N) is 4. The molecule has 2 aromatic carbocycles. The van der Waals surface area contributed by atoms with Crippen molar-refractivity contribution in [2.24, 2.45) is 0 Å². The van der Waals surface area contributed by atoms with Crippen molar-refractivity contribution in [2.75, 3.05) is 10.6 Å². The molecule has 31 heavy (non-hydrogen) atoms. The molecule has 2 N–H and O–H groups in total. The van der Waals surface area contributed by atoms with E-state index in [0.717, 1.165) is 11.1 Å². The van der Waals surface area contributed by atoms with Crippen molar-refractivity contribution in [3.05, 3.63) is 93.2 Å². The van der Waals surface area contributed by atoms with E-state index in [1.807, 2.05) is 60.8 Å². The average Bonchev–Trinajstić information content (AvgIpc) is 3.31. The Morgan fingerprint density at radius 2 is 1.61 bits per heavy atom. The first-order valence-electron chi connectivity index (χ1n) is 9.28. The maximum Gasteiger partial charge on any atom is 0.177 e. The molecule has 4 aromatic rings. The van der Waals surface area contributed by atoms with Crippen LogP contribution in [0.5, 0.6) is 0 Å². The minimum Gasteiger partial charge on any atom is -0.316 e. The molecule has 0 saturated carbocycles. The minimum atomic E-state index is 0.335. The molecule has 0 amide bonds. The summed E-state index contributed by atoms with van der Waals surface area (Å²) in [6.07, 6.45) is 3.58. The number of thiocarbonyl (C=S) groups is 1. The number of rotatable bonds is 6. The SMILES string of the molecule is S=C(Nc1ccn(Cc2ccc(Cl)cc2)n1)Nc1nn(Cc2ccccc2Cl)cc1Cl. The van der Waals surface area contributed by atoms with Crippen LogP contribution in [-0.2, 0) is 13.1 Å². The Morgan fingerprint density at radius 3 is 2.39 bits per heavy atom. The molecular weight excluding hydrogens is 475 g/mol. The molecule has 0 aliphatic rings. The monoisotopic (exact) mass is 490 g/mol. The number of nitrogens with one attached hydrogen (secondary N) is 2. The third-order valence-corrected chi connectivity index (χ3v) is 5.48. The Bertz CT molecular complexity index is 1200. The molecule has 0 atom stereocenters. The van der Waals surface area contributed by atoms with Crippen molar-refractivity contribution in [3.8, 4) is 0 Å². The zero-order valence-electron chi connectivity index (χ0n) is 16.1. The third-order valence-electron chi connectivity index (χ3n) is 4.38. The van der Waals surface area contributed by atoms with E-state index in [1.54, 1.807) is 15.6 Å². The number of anilines is 2. The molecule has 0 bridgehead atoms. The van der Waals surface area contributed by atoms with E-state index in [1.165, 1.54) is 0 Å². The summed E-state index contributed by atoms with van der Waals surface area (Å²) < 4.78 is 3.51. The van der Waals surface area contributed by atoms with Gasteiger partial charge >= 0.3 is 0 Å². The van der Waals surface area contributed by atoms with Crippen LogP contribution in [0.25, 0.3) is 0 Å². The van der Waals surface area contributed by atoms with Crippen LogP contribution < -0.4 is 10.6 Å². The summed E-state index contributed by atoms with van der Waals surface area (Å²) in [6, 6.07) is 17.1. The molecule has 10 heteroatoms. The van der Waals surface area contributed by atoms with E-state index >= 15 is 0 Å². The van der Waals surface area contributed by atoms with E-state index in [4.69, 9.17) is 47.0 Å². The van der Waals surface area contributed by atoms with Gasteiger partial charge < -0.3 is 10.6 Å². The fourth-order valence-corrected chi connectivity index (χ4v) is 3.63. The van der Waals surface area contributed by atoms with Gasteiger partial charge in [0.2, 0.25) is 0 Å². The topological polar surface area (TPSA) is 59.7 Å². The summed E-state index contributed by atoms with van der Waals surface area (Å²) in [5.41, 5.74) is 2.04. The van der Waals surface area contributed by atoms with Gasteiger partial charge in [-0.2, -0.15) is 10.2 Å². The van der Waals surface area contributed by atoms with Gasteiger partial charge in [0.15, 0.2) is 16.7 Å². The van der Waals surface area contributed by atoms with Crippen molar-refractivity contribution in [1.29, 1.82) is 0 Å². The van der Waals surface area contributed by atoms with Gasteiger partial charge in [0.1, 0.15) is 5.02 Å². The Morgan fingerprint density at radius 1 is 0.839 bits per heavy atom. The quantitative estimate of drug-likeness (QED) is 0.327. The van der Waals surface area contributed by atoms with Gasteiger partial charge in [-0.15, -0.1) is 0 Å². The molecule has 4 rings (SSSR count). The molecule has 0 fully saturated rings. The second kappa shape index (κ2) is 9.70. The first kappa shape index (κ1) is 21.6. The largest absolute Gasteiger partial charge is 0.316 e. The van der Waals surface area contributed by atoms with Crippen molar-refractivity contribution in [3.63, 3.8) is 0 Å². The van der Waals surface area contributed by atoms with Gasteiger partial charge in [-0.1, -0.05) is 65.1 Å². The lowest BCUT2D eigenvalue weighted by atomic mass is 10.2. The molecule has 0 saturated heterocycles. The maximum absolute atomic E-state index is 6.31. The van der Waals surface area contributed by atoms with Crippen LogP contribution in [0.1, 0.15) is 11.1 Å². The standard InChI is InChI=1S/C21H17Cl3N6S/c22-16-7-5-14(6-8-16)11-29-10-9-19(27-29)25-21(31)26-20-18(24)13-30(28-20)12-15-3-1-2-4-17(15)23/h1-10,13H,11-12H2,(H2,25,26,27,28,31). The lowest BCUT2D eigenvalue weighted by Crippen LogP contribution is -2.20. The Balaban J connectivity index is 1.36. The minimum absolute atomic E-state index is 0.335. The molecular formula is C21H17Cl3N6S. The van der Waals surface area contributed by atoms with E-state index in [0.29, 0.717) is 44.9 Å². The van der Waals surface area contributed by atoms with Crippen LogP contribution in [0.2, 0.25) is 15.1 Å². The normalized spacial score (nSPS) is 10.8. The second-order valence-electron chi connectivity index (χ2n) is 6.72. The maximum atomic E-state index is 6.31. The lowest BCUT2D eigenvalue weighted by Gasteiger charge is -2.07. The molecule has 0 radical (unpaired) electrons. The highest BCUT2D eigenvalue weighted by molar-refractivity contribution is 7.80. The van der Waals surface area contributed by atoms with Crippen molar-refractivity contribution >= 4 is 63.8 Å². The van der Waals surface area contributed by atoms with E-state index in [2.05, 4.69) is 20.8 Å². The molecule has 0 unspecified atom stereocenters. The fraction of sp³-hybridized carbons (Fsp3) is 0.0952. The van der Waals surface area contributed by atoms with Gasteiger partial charge in [-0.25, -0.2) is 0 Å². The predicted octanol–water partition coefficient (Wildman–Crippen LogP) is 5.95. The van der Waals surface area contributed by atoms with Crippen LogP contribution in [0.3, 0.4) is 0 Å². The zero-order chi connectivity index (χ0) is 21.8. The third kappa shape index (κ3) is 5.77. The Hall–Kier alpha value is -2.58. The molecule has 2 heterocycles. The van der Waals surface area contributed by atoms with Gasteiger partial charge in [0.25, 0.3) is 0 Å². The summed E-state index contributed by atoms with van der Waals surface area (Å²) in [5, 5.41) is 17.1. The van der Waals surface area contributed by atoms with Crippen molar-refractivity contribution < 1.29 is 0 Å². The highest BCUT2D eigenvalue weighted by atomic mass is 35.5. The second-order valence-corrected chi connectivity index (χ2v) is 8.38. The highest BCUT2D eigenvalue weighted by Gasteiger charge is 2.11. The smallest absolute Gasteiger partial charge is 0.177 e. The first-order chi connectivity index (χ1) is 15.0. The van der Waals surface area contributed by atoms with Crippen molar-refractivity contribution in [2.45, 2.75) is 13.1 Å². The number of hydrogen-bond acceptors (Lipinski definition) is 3. The summed E-state index contributed by atoms with van der Waals surface area (Å²) in [6.45, 7) is 1.12. The van der Waals surface area contributed by atoms with E-state index in [-0.39, 0.29) is 0 Å². The Kier molecular flexibility index (Phi) is 6.77. The fourth-order valence-electron chi connectivity index (χ4n) is 2.91. The Labute approximate surface area is 199 Å². The van der Waals surface area contributed by atoms with Crippen molar-refractivity contribution in [1.82, 2.24) is 19.6 Å². The molecule has 2 aromatic heterocycles. The van der Waals surface area contributed by atoms with Gasteiger partial charge in [0.05, 0.1) is 13.1 Å². The van der Waals surface area contributed by atoms with E-state index in [9.17, 15) is 0 Å². The predicted molar refractivity (Wildman–Crippen MR) is 130 cm³/mol. The van der Waals surface area contributed by atoms with Gasteiger partial charge in [0, 0.05) is 28.5 Å². The van der Waals surface area contributed by atoms with E-state index < -0.39 is 0 Å². The zero-order valence-corrected chi connectivity index (χ0v) is 19.2. The van der Waals surface area contributed by atoms with Crippen LogP contribution in [-0.4, -0.2) is 24.7 Å². The summed E-state index contributed by atoms with van der Waals surface area (Å²) in [7, 11) is 0. The number of benzene rings is 2. The van der Waals surface area contributed by atoms with Crippen LogP contribution in [0, 0.1) is 0 Å². The van der Waals surface area contributed by atoms with Gasteiger partial charge in [-0.3, -0.25) is 9.36 Å². The van der Waals surface area contributed by atoms with Crippen LogP contribution in [0.15, 0.2) is 67.0 Å². The average molecular weight is 492 g/mol. The molecule has 0 aliphatic heterocycles. The molecule has 6 nitrogen and oxygen atoms in total. The molecule has 158 valence electrons. The summed E-state index contributed by atoms with van der Waals surface area (Å²) >= 11 is 23.8.